The summed E-state index contributed by atoms with van der Waals surface area (Å²) in [4.78, 5) is 13.4. The number of thioether (sulfide) groups is 1. The second-order valence-electron chi connectivity index (χ2n) is 4.90. The van der Waals surface area contributed by atoms with Gasteiger partial charge in [-0.3, -0.25) is 4.79 Å². The summed E-state index contributed by atoms with van der Waals surface area (Å²) in [6.07, 6.45) is 1.96. The van der Waals surface area contributed by atoms with Gasteiger partial charge in [0.15, 0.2) is 0 Å². The first-order valence-corrected chi connectivity index (χ1v) is 8.07. The number of aromatic hydroxyl groups is 1. The Balaban J connectivity index is 1.91. The minimum absolute atomic E-state index is 0.0630. The molecule has 3 nitrogen and oxygen atoms in total. The van der Waals surface area contributed by atoms with Crippen LogP contribution in [0.15, 0.2) is 65.6 Å². The van der Waals surface area contributed by atoms with Gasteiger partial charge in [-0.1, -0.05) is 30.3 Å². The first-order chi connectivity index (χ1) is 10.7. The minimum Gasteiger partial charge on any atom is -0.506 e. The normalized spacial score (nSPS) is 10.6. The van der Waals surface area contributed by atoms with Crippen LogP contribution in [-0.2, 0) is 0 Å². The summed E-state index contributed by atoms with van der Waals surface area (Å²) in [5, 5.41) is 14.8. The molecule has 0 saturated heterocycles. The molecule has 0 spiro atoms. The maximum Gasteiger partial charge on any atom is 0.255 e. The number of nitrogens with one attached hydrogen (secondary N) is 1. The molecule has 0 aromatic heterocycles. The van der Waals surface area contributed by atoms with E-state index in [1.54, 1.807) is 30.0 Å². The van der Waals surface area contributed by atoms with Crippen LogP contribution >= 0.6 is 11.8 Å². The number of hydrogen-bond acceptors (Lipinski definition) is 3. The van der Waals surface area contributed by atoms with Crippen LogP contribution in [0, 0.1) is 0 Å². The van der Waals surface area contributed by atoms with E-state index in [1.807, 2.05) is 48.7 Å². The van der Waals surface area contributed by atoms with Crippen molar-refractivity contribution in [3.63, 3.8) is 0 Å². The zero-order valence-electron chi connectivity index (χ0n) is 12.0. The standard InChI is InChI=1S/C18H15NO2S/c1-22-15-8-4-7-14(9-15)18(21)19-16-10-12-5-2-3-6-13(12)11-17(16)20/h2-11,20H,1H3,(H,19,21). The number of rotatable bonds is 3. The first-order valence-electron chi connectivity index (χ1n) is 6.84. The van der Waals surface area contributed by atoms with Gasteiger partial charge in [-0.05, 0) is 47.4 Å². The van der Waals surface area contributed by atoms with Crippen molar-refractivity contribution in [2.45, 2.75) is 4.90 Å². The second kappa shape index (κ2) is 6.12. The quantitative estimate of drug-likeness (QED) is 0.552. The monoisotopic (exact) mass is 309 g/mol. The maximum absolute atomic E-state index is 12.3. The summed E-state index contributed by atoms with van der Waals surface area (Å²) in [6, 6.07) is 18.5. The van der Waals surface area contributed by atoms with Crippen molar-refractivity contribution < 1.29 is 9.90 Å². The number of phenolic OH excluding ortho intramolecular Hbond substituents is 1. The van der Waals surface area contributed by atoms with Crippen LogP contribution in [0.3, 0.4) is 0 Å². The molecule has 0 bridgehead atoms. The Kier molecular flexibility index (Phi) is 4.02. The Morgan fingerprint density at radius 3 is 2.45 bits per heavy atom. The summed E-state index contributed by atoms with van der Waals surface area (Å²) >= 11 is 1.58. The summed E-state index contributed by atoms with van der Waals surface area (Å²) in [6.45, 7) is 0. The summed E-state index contributed by atoms with van der Waals surface area (Å²) < 4.78 is 0. The summed E-state index contributed by atoms with van der Waals surface area (Å²) in [7, 11) is 0. The molecule has 1 amide bonds. The molecule has 0 atom stereocenters. The van der Waals surface area contributed by atoms with Gasteiger partial charge in [0.05, 0.1) is 5.69 Å². The molecule has 0 fully saturated rings. The van der Waals surface area contributed by atoms with E-state index in [4.69, 9.17) is 0 Å². The van der Waals surface area contributed by atoms with E-state index in [0.29, 0.717) is 11.3 Å². The number of hydrogen-bond donors (Lipinski definition) is 2. The smallest absolute Gasteiger partial charge is 0.255 e. The van der Waals surface area contributed by atoms with Crippen molar-refractivity contribution in [2.24, 2.45) is 0 Å². The highest BCUT2D eigenvalue weighted by Crippen LogP contribution is 2.29. The number of carbonyl (C=O) groups is 1. The molecule has 3 rings (SSSR count). The van der Waals surface area contributed by atoms with Crippen molar-refractivity contribution in [2.75, 3.05) is 11.6 Å². The number of benzene rings is 3. The second-order valence-corrected chi connectivity index (χ2v) is 5.78. The molecule has 110 valence electrons. The molecule has 4 heteroatoms. The number of fused-ring (bicyclic) bond motifs is 1. The largest absolute Gasteiger partial charge is 0.506 e. The number of phenols is 1. The van der Waals surface area contributed by atoms with Gasteiger partial charge < -0.3 is 10.4 Å². The number of amides is 1. The van der Waals surface area contributed by atoms with Gasteiger partial charge in [-0.2, -0.15) is 0 Å². The third kappa shape index (κ3) is 2.92. The molecule has 3 aromatic rings. The molecular weight excluding hydrogens is 294 g/mol. The van der Waals surface area contributed by atoms with Gasteiger partial charge in [-0.15, -0.1) is 11.8 Å². The molecule has 0 aliphatic rings. The van der Waals surface area contributed by atoms with Crippen molar-refractivity contribution >= 4 is 34.1 Å². The van der Waals surface area contributed by atoms with Gasteiger partial charge in [0.1, 0.15) is 5.75 Å². The summed E-state index contributed by atoms with van der Waals surface area (Å²) in [5.74, 6) is -0.172. The molecule has 0 aliphatic heterocycles. The fourth-order valence-electron chi connectivity index (χ4n) is 2.29. The van der Waals surface area contributed by atoms with Crippen LogP contribution < -0.4 is 5.32 Å². The molecule has 3 aromatic carbocycles. The first kappa shape index (κ1) is 14.5. The lowest BCUT2D eigenvalue weighted by Crippen LogP contribution is -2.12. The topological polar surface area (TPSA) is 49.3 Å². The van der Waals surface area contributed by atoms with Gasteiger partial charge in [0.2, 0.25) is 0 Å². The van der Waals surface area contributed by atoms with Crippen molar-refractivity contribution in [3.05, 3.63) is 66.2 Å². The van der Waals surface area contributed by atoms with E-state index in [9.17, 15) is 9.90 Å². The van der Waals surface area contributed by atoms with E-state index in [-0.39, 0.29) is 11.7 Å². The third-order valence-electron chi connectivity index (χ3n) is 3.44. The SMILES string of the molecule is CSc1cccc(C(=O)Nc2cc3ccccc3cc2O)c1. The number of anilines is 1. The van der Waals surface area contributed by atoms with Gasteiger partial charge in [0, 0.05) is 10.5 Å². The third-order valence-corrected chi connectivity index (χ3v) is 4.17. The predicted octanol–water partition coefficient (Wildman–Crippen LogP) is 4.52. The lowest BCUT2D eigenvalue weighted by Gasteiger charge is -2.09. The predicted molar refractivity (Wildman–Crippen MR) is 91.8 cm³/mol. The lowest BCUT2D eigenvalue weighted by atomic mass is 10.1. The molecule has 0 saturated carbocycles. The van der Waals surface area contributed by atoms with E-state index >= 15 is 0 Å². The zero-order valence-corrected chi connectivity index (χ0v) is 12.9. The zero-order chi connectivity index (χ0) is 15.5. The highest BCUT2D eigenvalue weighted by molar-refractivity contribution is 7.98. The van der Waals surface area contributed by atoms with Crippen LogP contribution in [-0.4, -0.2) is 17.3 Å². The number of carbonyl (C=O) groups excluding carboxylic acids is 1. The molecule has 0 heterocycles. The Morgan fingerprint density at radius 2 is 1.73 bits per heavy atom. The summed E-state index contributed by atoms with van der Waals surface area (Å²) in [5.41, 5.74) is 0.984. The van der Waals surface area contributed by atoms with Crippen molar-refractivity contribution in [1.29, 1.82) is 0 Å². The van der Waals surface area contributed by atoms with Crippen LogP contribution in [0.25, 0.3) is 10.8 Å². The van der Waals surface area contributed by atoms with Gasteiger partial charge in [-0.25, -0.2) is 0 Å². The molecule has 0 aliphatic carbocycles. The molecule has 0 radical (unpaired) electrons. The van der Waals surface area contributed by atoms with Crippen LogP contribution in [0.5, 0.6) is 5.75 Å². The van der Waals surface area contributed by atoms with E-state index in [2.05, 4.69) is 5.32 Å². The highest BCUT2D eigenvalue weighted by Gasteiger charge is 2.10. The van der Waals surface area contributed by atoms with Gasteiger partial charge in [0.25, 0.3) is 5.91 Å². The van der Waals surface area contributed by atoms with Gasteiger partial charge >= 0.3 is 0 Å². The molecule has 2 N–H and O–H groups in total. The average molecular weight is 309 g/mol. The Morgan fingerprint density at radius 1 is 1.00 bits per heavy atom. The van der Waals surface area contributed by atoms with Crippen molar-refractivity contribution in [3.8, 4) is 5.75 Å². The Labute approximate surface area is 133 Å². The lowest BCUT2D eigenvalue weighted by molar-refractivity contribution is 0.102. The molecule has 0 unspecified atom stereocenters. The van der Waals surface area contributed by atoms with E-state index in [0.717, 1.165) is 15.7 Å². The fraction of sp³-hybridized carbons (Fsp3) is 0.0556. The average Bonchev–Trinajstić information content (AvgIpc) is 2.55. The van der Waals surface area contributed by atoms with E-state index in [1.165, 1.54) is 0 Å². The Hall–Kier alpha value is -2.46. The Bertz CT molecular complexity index is 845. The van der Waals surface area contributed by atoms with Crippen LogP contribution in [0.1, 0.15) is 10.4 Å². The maximum atomic E-state index is 12.3. The highest BCUT2D eigenvalue weighted by atomic mass is 32.2. The molecule has 22 heavy (non-hydrogen) atoms. The molecular formula is C18H15NO2S. The van der Waals surface area contributed by atoms with E-state index < -0.39 is 0 Å². The fourth-order valence-corrected chi connectivity index (χ4v) is 2.75. The minimum atomic E-state index is -0.235. The van der Waals surface area contributed by atoms with Crippen LogP contribution in [0.4, 0.5) is 5.69 Å². The van der Waals surface area contributed by atoms with Crippen molar-refractivity contribution in [1.82, 2.24) is 0 Å². The van der Waals surface area contributed by atoms with Crippen LogP contribution in [0.2, 0.25) is 0 Å².